The molecule has 7 nitrogen and oxygen atoms in total. The van der Waals surface area contributed by atoms with E-state index in [0.29, 0.717) is 30.4 Å². The van der Waals surface area contributed by atoms with Crippen molar-refractivity contribution >= 4 is 11.9 Å². The predicted octanol–water partition coefficient (Wildman–Crippen LogP) is 3.33. The van der Waals surface area contributed by atoms with Crippen molar-refractivity contribution in [1.82, 2.24) is 4.90 Å². The molecule has 1 fully saturated rings. The summed E-state index contributed by atoms with van der Waals surface area (Å²) < 4.78 is 32.5. The molecule has 1 saturated heterocycles. The van der Waals surface area contributed by atoms with Gasteiger partial charge >= 0.3 is 11.9 Å². The second-order valence-electron chi connectivity index (χ2n) is 7.22. The Bertz CT molecular complexity index is 934. The maximum absolute atomic E-state index is 13.7. The van der Waals surface area contributed by atoms with E-state index in [4.69, 9.17) is 20.1 Å². The number of hydrogen-bond donors (Lipinski definition) is 3. The lowest BCUT2D eigenvalue weighted by Gasteiger charge is -2.16. The number of aliphatic carboxylic acids is 2. The van der Waals surface area contributed by atoms with E-state index in [1.54, 1.807) is 12.1 Å². The Labute approximate surface area is 184 Å². The minimum absolute atomic E-state index is 0.131. The number of phenolic OH excluding ortho intramolecular Hbond substituents is 1. The second kappa shape index (κ2) is 12.4. The minimum Gasteiger partial charge on any atom is -0.505 e. The summed E-state index contributed by atoms with van der Waals surface area (Å²) in [6.45, 7) is 3.08. The molecule has 1 aliphatic heterocycles. The summed E-state index contributed by atoms with van der Waals surface area (Å²) in [6, 6.07) is 10.9. The van der Waals surface area contributed by atoms with Crippen LogP contribution >= 0.6 is 0 Å². The molecular weight excluding hydrogens is 424 g/mol. The molecule has 0 radical (unpaired) electrons. The Morgan fingerprint density at radius 3 is 2.38 bits per heavy atom. The van der Waals surface area contributed by atoms with Crippen LogP contribution in [0.1, 0.15) is 12.0 Å². The molecule has 0 aliphatic carbocycles. The fourth-order valence-corrected chi connectivity index (χ4v) is 3.27. The SMILES string of the molecule is O=C(O)/C=C\C(=O)O.Oc1ccc(OCCN2CCC(Cc3ccccc3F)C2)cc1F. The highest BCUT2D eigenvalue weighted by atomic mass is 19.1. The maximum Gasteiger partial charge on any atom is 0.328 e. The summed E-state index contributed by atoms with van der Waals surface area (Å²) >= 11 is 0. The Kier molecular flexibility index (Phi) is 9.62. The highest BCUT2D eigenvalue weighted by molar-refractivity contribution is 5.89. The van der Waals surface area contributed by atoms with Gasteiger partial charge in [0, 0.05) is 31.3 Å². The average molecular weight is 449 g/mol. The summed E-state index contributed by atoms with van der Waals surface area (Å²) in [4.78, 5) is 21.4. The third-order valence-electron chi connectivity index (χ3n) is 4.80. The molecule has 0 aromatic heterocycles. The van der Waals surface area contributed by atoms with Crippen LogP contribution in [0.3, 0.4) is 0 Å². The van der Waals surface area contributed by atoms with E-state index < -0.39 is 17.8 Å². The quantitative estimate of drug-likeness (QED) is 0.531. The molecule has 2 aromatic carbocycles. The minimum atomic E-state index is -1.26. The Hall–Kier alpha value is -3.46. The van der Waals surface area contributed by atoms with Gasteiger partial charge in [0.05, 0.1) is 0 Å². The number of likely N-dealkylation sites (tertiary alicyclic amines) is 1. The molecule has 2 aromatic rings. The zero-order valence-corrected chi connectivity index (χ0v) is 17.3. The Balaban J connectivity index is 0.000000390. The fourth-order valence-electron chi connectivity index (χ4n) is 3.27. The van der Waals surface area contributed by atoms with Gasteiger partial charge in [-0.3, -0.25) is 4.90 Å². The van der Waals surface area contributed by atoms with Gasteiger partial charge in [-0.15, -0.1) is 0 Å². The van der Waals surface area contributed by atoms with Crippen molar-refractivity contribution < 1.29 is 38.4 Å². The monoisotopic (exact) mass is 449 g/mol. The lowest BCUT2D eigenvalue weighted by molar-refractivity contribution is -0.134. The van der Waals surface area contributed by atoms with E-state index in [2.05, 4.69) is 4.90 Å². The zero-order valence-electron chi connectivity index (χ0n) is 17.3. The van der Waals surface area contributed by atoms with Crippen LogP contribution in [0.2, 0.25) is 0 Å². The third-order valence-corrected chi connectivity index (χ3v) is 4.80. The number of phenols is 1. The van der Waals surface area contributed by atoms with E-state index in [9.17, 15) is 18.4 Å². The molecule has 0 spiro atoms. The number of aromatic hydroxyl groups is 1. The van der Waals surface area contributed by atoms with Crippen LogP contribution in [-0.2, 0) is 16.0 Å². The molecule has 1 unspecified atom stereocenters. The van der Waals surface area contributed by atoms with Crippen molar-refractivity contribution in [2.45, 2.75) is 12.8 Å². The van der Waals surface area contributed by atoms with E-state index in [1.807, 2.05) is 12.1 Å². The summed E-state index contributed by atoms with van der Waals surface area (Å²) in [7, 11) is 0. The van der Waals surface area contributed by atoms with Crippen molar-refractivity contribution in [2.75, 3.05) is 26.2 Å². The van der Waals surface area contributed by atoms with Crippen LogP contribution in [0.25, 0.3) is 0 Å². The van der Waals surface area contributed by atoms with Crippen LogP contribution < -0.4 is 4.74 Å². The van der Waals surface area contributed by atoms with Crippen LogP contribution in [0.15, 0.2) is 54.6 Å². The van der Waals surface area contributed by atoms with Gasteiger partial charge in [0.2, 0.25) is 0 Å². The van der Waals surface area contributed by atoms with Crippen molar-refractivity contribution in [3.63, 3.8) is 0 Å². The molecule has 0 amide bonds. The second-order valence-corrected chi connectivity index (χ2v) is 7.22. The van der Waals surface area contributed by atoms with Crippen molar-refractivity contribution in [2.24, 2.45) is 5.92 Å². The number of benzene rings is 2. The molecule has 172 valence electrons. The smallest absolute Gasteiger partial charge is 0.328 e. The van der Waals surface area contributed by atoms with Gasteiger partial charge in [-0.25, -0.2) is 18.4 Å². The number of carboxylic acid groups (broad SMARTS) is 2. The molecule has 1 atom stereocenters. The highest BCUT2D eigenvalue weighted by Crippen LogP contribution is 2.23. The van der Waals surface area contributed by atoms with E-state index in [-0.39, 0.29) is 11.6 Å². The van der Waals surface area contributed by atoms with Crippen LogP contribution in [0.4, 0.5) is 8.78 Å². The first-order valence-corrected chi connectivity index (χ1v) is 9.95. The van der Waals surface area contributed by atoms with Gasteiger partial charge in [0.1, 0.15) is 18.2 Å². The van der Waals surface area contributed by atoms with Crippen molar-refractivity contribution in [3.05, 3.63) is 71.8 Å². The number of rotatable bonds is 8. The molecule has 3 rings (SSSR count). The van der Waals surface area contributed by atoms with Gasteiger partial charge in [0.15, 0.2) is 11.6 Å². The number of carboxylic acids is 2. The average Bonchev–Trinajstić information content (AvgIpc) is 3.18. The standard InChI is InChI=1S/C19H21F2NO2.C4H4O4/c20-17-4-2-1-3-15(17)11-14-7-8-22(13-14)9-10-24-16-5-6-19(23)18(21)12-16;5-3(6)1-2-4(7)8/h1-6,12,14,23H,7-11,13H2;1-2H,(H,5,6)(H,7,8)/b;2-1-. The number of halogens is 2. The van der Waals surface area contributed by atoms with Gasteiger partial charge in [-0.2, -0.15) is 0 Å². The molecule has 1 aliphatic rings. The topological polar surface area (TPSA) is 107 Å². The Morgan fingerprint density at radius 1 is 1.06 bits per heavy atom. The fraction of sp³-hybridized carbons (Fsp3) is 0.304. The zero-order chi connectivity index (χ0) is 23.5. The van der Waals surface area contributed by atoms with Gasteiger partial charge in [-0.05, 0) is 49.1 Å². The lowest BCUT2D eigenvalue weighted by Crippen LogP contribution is -2.26. The summed E-state index contributed by atoms with van der Waals surface area (Å²) in [6.07, 6.45) is 2.92. The molecule has 0 bridgehead atoms. The lowest BCUT2D eigenvalue weighted by atomic mass is 9.98. The number of ether oxygens (including phenoxy) is 1. The van der Waals surface area contributed by atoms with Crippen LogP contribution in [0, 0.1) is 17.6 Å². The van der Waals surface area contributed by atoms with Gasteiger partial charge in [-0.1, -0.05) is 18.2 Å². The number of hydrogen-bond acceptors (Lipinski definition) is 5. The normalized spacial score (nSPS) is 15.9. The van der Waals surface area contributed by atoms with Gasteiger partial charge in [0.25, 0.3) is 0 Å². The third kappa shape index (κ3) is 8.73. The summed E-state index contributed by atoms with van der Waals surface area (Å²) in [5, 5.41) is 24.8. The van der Waals surface area contributed by atoms with Crippen molar-refractivity contribution in [3.8, 4) is 11.5 Å². The first kappa shape index (κ1) is 24.8. The molecule has 3 N–H and O–H groups in total. The number of nitrogens with zero attached hydrogens (tertiary/aromatic N) is 1. The molecule has 9 heteroatoms. The molecule has 1 heterocycles. The molecule has 0 saturated carbocycles. The molecular formula is C23H25F2NO6. The summed E-state index contributed by atoms with van der Waals surface area (Å²) in [5.74, 6) is -2.84. The highest BCUT2D eigenvalue weighted by Gasteiger charge is 2.23. The van der Waals surface area contributed by atoms with Crippen molar-refractivity contribution in [1.29, 1.82) is 0 Å². The summed E-state index contributed by atoms with van der Waals surface area (Å²) in [5.41, 5.74) is 0.778. The van der Waals surface area contributed by atoms with E-state index in [0.717, 1.165) is 38.0 Å². The number of carbonyl (C=O) groups is 2. The molecule has 32 heavy (non-hydrogen) atoms. The maximum atomic E-state index is 13.7. The van der Waals surface area contributed by atoms with Crippen LogP contribution in [-0.4, -0.2) is 58.4 Å². The van der Waals surface area contributed by atoms with E-state index >= 15 is 0 Å². The van der Waals surface area contributed by atoms with Gasteiger partial charge < -0.3 is 20.1 Å². The first-order chi connectivity index (χ1) is 15.2. The first-order valence-electron chi connectivity index (χ1n) is 9.95. The Morgan fingerprint density at radius 2 is 1.75 bits per heavy atom. The predicted molar refractivity (Wildman–Crippen MR) is 113 cm³/mol. The van der Waals surface area contributed by atoms with E-state index in [1.165, 1.54) is 18.2 Å². The van der Waals surface area contributed by atoms with Crippen LogP contribution in [0.5, 0.6) is 11.5 Å². The largest absolute Gasteiger partial charge is 0.505 e.